The largest absolute Gasteiger partial charge is 0.366 e. The molecule has 0 saturated carbocycles. The molecule has 0 spiro atoms. The molecular weight excluding hydrogens is 374 g/mol. The van der Waals surface area contributed by atoms with Crippen LogP contribution in [0, 0.1) is 6.92 Å². The molecule has 9 heteroatoms. The summed E-state index contributed by atoms with van der Waals surface area (Å²) in [6.07, 6.45) is -0.579. The summed E-state index contributed by atoms with van der Waals surface area (Å²) in [5.74, 6) is 0.773. The van der Waals surface area contributed by atoms with E-state index in [4.69, 9.17) is 9.26 Å². The molecule has 2 aromatic heterocycles. The lowest BCUT2D eigenvalue weighted by Crippen LogP contribution is -2.42. The molecule has 0 aliphatic carbocycles. The quantitative estimate of drug-likeness (QED) is 0.680. The Balaban J connectivity index is 1.55. The van der Waals surface area contributed by atoms with Crippen molar-refractivity contribution in [1.82, 2.24) is 14.4 Å². The smallest absolute Gasteiger partial charge is 0.257 e. The first-order valence-electron chi connectivity index (χ1n) is 8.10. The standard InChI is InChI=1S/C17H17N3O4S2/c1-12-4-6-13(7-5-12)26(21,22)20-8-9-23-14(11-20)17-18-16(19-24-17)15-3-2-10-25-15/h2-7,10,14H,8-9,11H2,1H3. The molecule has 0 N–H and O–H groups in total. The number of hydrogen-bond acceptors (Lipinski definition) is 7. The van der Waals surface area contributed by atoms with E-state index in [0.29, 0.717) is 12.4 Å². The Morgan fingerprint density at radius 1 is 1.23 bits per heavy atom. The molecule has 1 atom stereocenters. The molecule has 1 fully saturated rings. The van der Waals surface area contributed by atoms with Gasteiger partial charge in [0.05, 0.1) is 16.4 Å². The average molecular weight is 391 g/mol. The maximum Gasteiger partial charge on any atom is 0.257 e. The number of thiophene rings is 1. The monoisotopic (exact) mass is 391 g/mol. The summed E-state index contributed by atoms with van der Waals surface area (Å²) in [5, 5.41) is 5.89. The number of hydrogen-bond donors (Lipinski definition) is 0. The van der Waals surface area contributed by atoms with Gasteiger partial charge in [-0.05, 0) is 30.5 Å². The first-order valence-corrected chi connectivity index (χ1v) is 10.4. The highest BCUT2D eigenvalue weighted by atomic mass is 32.2. The van der Waals surface area contributed by atoms with E-state index in [-0.39, 0.29) is 23.9 Å². The topological polar surface area (TPSA) is 85.5 Å². The second-order valence-electron chi connectivity index (χ2n) is 5.97. The molecule has 1 unspecified atom stereocenters. The predicted octanol–water partition coefficient (Wildman–Crippen LogP) is 2.87. The van der Waals surface area contributed by atoms with Crippen LogP contribution >= 0.6 is 11.3 Å². The van der Waals surface area contributed by atoms with Crippen LogP contribution in [-0.4, -0.2) is 42.6 Å². The van der Waals surface area contributed by atoms with Crippen LogP contribution in [0.5, 0.6) is 0 Å². The van der Waals surface area contributed by atoms with Crippen molar-refractivity contribution < 1.29 is 17.7 Å². The lowest BCUT2D eigenvalue weighted by atomic mass is 10.2. The summed E-state index contributed by atoms with van der Waals surface area (Å²) in [6, 6.07) is 10.6. The van der Waals surface area contributed by atoms with Crippen molar-refractivity contribution in [3.8, 4) is 10.7 Å². The number of aromatic nitrogens is 2. The Morgan fingerprint density at radius 2 is 2.04 bits per heavy atom. The van der Waals surface area contributed by atoms with Crippen LogP contribution in [0.25, 0.3) is 10.7 Å². The van der Waals surface area contributed by atoms with Crippen LogP contribution in [0.15, 0.2) is 51.2 Å². The van der Waals surface area contributed by atoms with Gasteiger partial charge in [0.25, 0.3) is 5.89 Å². The van der Waals surface area contributed by atoms with Crippen molar-refractivity contribution in [3.05, 3.63) is 53.2 Å². The summed E-state index contributed by atoms with van der Waals surface area (Å²) in [4.78, 5) is 5.52. The minimum Gasteiger partial charge on any atom is -0.366 e. The van der Waals surface area contributed by atoms with E-state index in [1.165, 1.54) is 15.6 Å². The summed E-state index contributed by atoms with van der Waals surface area (Å²) in [7, 11) is -3.59. The van der Waals surface area contributed by atoms with E-state index < -0.39 is 16.1 Å². The van der Waals surface area contributed by atoms with Gasteiger partial charge in [0.2, 0.25) is 15.8 Å². The zero-order valence-electron chi connectivity index (χ0n) is 14.0. The molecule has 4 rings (SSSR count). The predicted molar refractivity (Wildman–Crippen MR) is 96.2 cm³/mol. The Hall–Kier alpha value is -2.07. The van der Waals surface area contributed by atoms with Gasteiger partial charge in [-0.3, -0.25) is 0 Å². The minimum atomic E-state index is -3.59. The number of ether oxygens (including phenoxy) is 1. The molecule has 0 amide bonds. The summed E-state index contributed by atoms with van der Waals surface area (Å²) in [6.45, 7) is 2.62. The molecule has 1 aliphatic heterocycles. The maximum atomic E-state index is 12.9. The van der Waals surface area contributed by atoms with Crippen LogP contribution in [-0.2, 0) is 14.8 Å². The Kier molecular flexibility index (Phi) is 4.62. The Morgan fingerprint density at radius 3 is 2.77 bits per heavy atom. The normalized spacial score (nSPS) is 18.9. The number of rotatable bonds is 4. The van der Waals surface area contributed by atoms with Gasteiger partial charge in [-0.2, -0.15) is 9.29 Å². The maximum absolute atomic E-state index is 12.9. The molecule has 0 bridgehead atoms. The van der Waals surface area contributed by atoms with Crippen LogP contribution in [0.3, 0.4) is 0 Å². The van der Waals surface area contributed by atoms with Crippen molar-refractivity contribution >= 4 is 21.4 Å². The highest BCUT2D eigenvalue weighted by Gasteiger charge is 2.34. The van der Waals surface area contributed by atoms with E-state index >= 15 is 0 Å². The number of sulfonamides is 1. The molecule has 136 valence electrons. The molecule has 1 aromatic carbocycles. The first-order chi connectivity index (χ1) is 12.5. The third-order valence-corrected chi connectivity index (χ3v) is 6.89. The fourth-order valence-electron chi connectivity index (χ4n) is 2.72. The van der Waals surface area contributed by atoms with Crippen LogP contribution < -0.4 is 0 Å². The van der Waals surface area contributed by atoms with Crippen molar-refractivity contribution in [1.29, 1.82) is 0 Å². The summed E-state index contributed by atoms with van der Waals surface area (Å²) >= 11 is 1.51. The van der Waals surface area contributed by atoms with Crippen molar-refractivity contribution in [3.63, 3.8) is 0 Å². The molecule has 1 saturated heterocycles. The van der Waals surface area contributed by atoms with Gasteiger partial charge in [-0.1, -0.05) is 28.9 Å². The minimum absolute atomic E-state index is 0.141. The molecule has 0 radical (unpaired) electrons. The molecule has 3 aromatic rings. The molecular formula is C17H17N3O4S2. The van der Waals surface area contributed by atoms with Gasteiger partial charge in [0.15, 0.2) is 6.10 Å². The van der Waals surface area contributed by atoms with Gasteiger partial charge in [-0.25, -0.2) is 8.42 Å². The Bertz CT molecular complexity index is 981. The molecule has 1 aliphatic rings. The Labute approximate surface area is 155 Å². The van der Waals surface area contributed by atoms with Gasteiger partial charge in [-0.15, -0.1) is 11.3 Å². The van der Waals surface area contributed by atoms with Crippen molar-refractivity contribution in [2.45, 2.75) is 17.9 Å². The van der Waals surface area contributed by atoms with E-state index in [2.05, 4.69) is 10.1 Å². The highest BCUT2D eigenvalue weighted by molar-refractivity contribution is 7.89. The van der Waals surface area contributed by atoms with E-state index in [1.807, 2.05) is 24.4 Å². The zero-order valence-corrected chi connectivity index (χ0v) is 15.7. The van der Waals surface area contributed by atoms with Crippen LogP contribution in [0.1, 0.15) is 17.6 Å². The van der Waals surface area contributed by atoms with E-state index in [1.54, 1.807) is 24.3 Å². The number of nitrogens with zero attached hydrogens (tertiary/aromatic N) is 3. The third-order valence-electron chi connectivity index (χ3n) is 4.15. The first kappa shape index (κ1) is 17.3. The second-order valence-corrected chi connectivity index (χ2v) is 8.85. The number of morpholine rings is 1. The lowest BCUT2D eigenvalue weighted by molar-refractivity contribution is -0.0199. The van der Waals surface area contributed by atoms with Gasteiger partial charge in [0, 0.05) is 13.1 Å². The van der Waals surface area contributed by atoms with Gasteiger partial charge >= 0.3 is 0 Å². The van der Waals surface area contributed by atoms with E-state index in [0.717, 1.165) is 10.4 Å². The molecule has 3 heterocycles. The van der Waals surface area contributed by atoms with Crippen molar-refractivity contribution in [2.24, 2.45) is 0 Å². The zero-order chi connectivity index (χ0) is 18.1. The fourth-order valence-corrected chi connectivity index (χ4v) is 4.80. The van der Waals surface area contributed by atoms with Gasteiger partial charge in [0.1, 0.15) is 0 Å². The SMILES string of the molecule is Cc1ccc(S(=O)(=O)N2CCOC(c3nc(-c4cccs4)no3)C2)cc1. The molecule has 7 nitrogen and oxygen atoms in total. The number of benzene rings is 1. The lowest BCUT2D eigenvalue weighted by Gasteiger charge is -2.30. The van der Waals surface area contributed by atoms with Crippen molar-refractivity contribution in [2.75, 3.05) is 19.7 Å². The van der Waals surface area contributed by atoms with E-state index in [9.17, 15) is 8.42 Å². The van der Waals surface area contributed by atoms with Crippen LogP contribution in [0.4, 0.5) is 0 Å². The summed E-state index contributed by atoms with van der Waals surface area (Å²) in [5.41, 5.74) is 1.01. The van der Waals surface area contributed by atoms with Crippen LogP contribution in [0.2, 0.25) is 0 Å². The number of aryl methyl sites for hydroxylation is 1. The second kappa shape index (κ2) is 6.92. The fraction of sp³-hybridized carbons (Fsp3) is 0.294. The molecule has 26 heavy (non-hydrogen) atoms. The average Bonchev–Trinajstić information content (AvgIpc) is 3.34. The third kappa shape index (κ3) is 3.30. The highest BCUT2D eigenvalue weighted by Crippen LogP contribution is 2.28. The van der Waals surface area contributed by atoms with Gasteiger partial charge < -0.3 is 9.26 Å². The summed E-state index contributed by atoms with van der Waals surface area (Å²) < 4.78 is 38.1.